The molecule has 1 aromatic carbocycles. The monoisotopic (exact) mass is 245 g/mol. The third-order valence-electron chi connectivity index (χ3n) is 2.26. The number of aromatic nitrogens is 1. The van der Waals surface area contributed by atoms with Crippen molar-refractivity contribution in [3.05, 3.63) is 53.7 Å². The molecule has 0 radical (unpaired) electrons. The average molecular weight is 245 g/mol. The smallest absolute Gasteiger partial charge is 0.337 e. The minimum atomic E-state index is -0.939. The zero-order chi connectivity index (χ0) is 12.3. The van der Waals surface area contributed by atoms with E-state index in [2.05, 4.69) is 4.98 Å². The van der Waals surface area contributed by atoms with Gasteiger partial charge in [-0.15, -0.1) is 0 Å². The number of carboxylic acids is 1. The van der Waals surface area contributed by atoms with Crippen LogP contribution in [-0.4, -0.2) is 16.1 Å². The molecule has 86 valence electrons. The van der Waals surface area contributed by atoms with Crippen LogP contribution in [0.25, 0.3) is 0 Å². The molecule has 2 aromatic rings. The van der Waals surface area contributed by atoms with Crippen molar-refractivity contribution in [2.24, 2.45) is 0 Å². The molecule has 0 aliphatic rings. The predicted octanol–water partition coefficient (Wildman–Crippen LogP) is 3.24. The van der Waals surface area contributed by atoms with Crippen molar-refractivity contribution in [3.8, 4) is 0 Å². The molecule has 1 heterocycles. The van der Waals surface area contributed by atoms with Crippen LogP contribution in [0.1, 0.15) is 16.1 Å². The topological polar surface area (TPSA) is 50.2 Å². The second-order valence-corrected chi connectivity index (χ2v) is 4.60. The van der Waals surface area contributed by atoms with Gasteiger partial charge in [0, 0.05) is 4.90 Å². The van der Waals surface area contributed by atoms with Crippen LogP contribution in [0.4, 0.5) is 0 Å². The summed E-state index contributed by atoms with van der Waals surface area (Å²) in [6, 6.07) is 13.2. The molecule has 0 aliphatic carbocycles. The fraction of sp³-hybridized carbons (Fsp3) is 0.0769. The number of benzene rings is 1. The van der Waals surface area contributed by atoms with E-state index in [4.69, 9.17) is 5.11 Å². The summed E-state index contributed by atoms with van der Waals surface area (Å²) in [4.78, 5) is 16.2. The van der Waals surface area contributed by atoms with E-state index in [1.807, 2.05) is 30.3 Å². The lowest BCUT2D eigenvalue weighted by atomic mass is 10.2. The van der Waals surface area contributed by atoms with Crippen molar-refractivity contribution >= 4 is 17.7 Å². The van der Waals surface area contributed by atoms with Gasteiger partial charge in [0.25, 0.3) is 0 Å². The Kier molecular flexibility index (Phi) is 3.44. The Labute approximate surface area is 104 Å². The highest BCUT2D eigenvalue weighted by atomic mass is 32.2. The Hall–Kier alpha value is -1.81. The first kappa shape index (κ1) is 11.7. The summed E-state index contributed by atoms with van der Waals surface area (Å²) in [5.74, 6) is -0.939. The van der Waals surface area contributed by atoms with Crippen LogP contribution in [-0.2, 0) is 0 Å². The summed E-state index contributed by atoms with van der Waals surface area (Å²) in [7, 11) is 0. The van der Waals surface area contributed by atoms with Crippen molar-refractivity contribution in [1.29, 1.82) is 0 Å². The van der Waals surface area contributed by atoms with Crippen LogP contribution >= 0.6 is 11.8 Å². The molecule has 1 N–H and O–H groups in total. The summed E-state index contributed by atoms with van der Waals surface area (Å²) in [6.07, 6.45) is 0. The molecule has 0 aliphatic heterocycles. The molecule has 1 aromatic heterocycles. The molecule has 17 heavy (non-hydrogen) atoms. The number of pyridine rings is 1. The summed E-state index contributed by atoms with van der Waals surface area (Å²) in [6.45, 7) is 1.71. The molecule has 0 bridgehead atoms. The van der Waals surface area contributed by atoms with Gasteiger partial charge in [-0.2, -0.15) is 0 Å². The van der Waals surface area contributed by atoms with Gasteiger partial charge >= 0.3 is 5.97 Å². The first-order chi connectivity index (χ1) is 8.16. The van der Waals surface area contributed by atoms with Crippen molar-refractivity contribution in [2.75, 3.05) is 0 Å². The summed E-state index contributed by atoms with van der Waals surface area (Å²) in [5, 5.41) is 9.70. The van der Waals surface area contributed by atoms with Gasteiger partial charge in [-0.3, -0.25) is 0 Å². The summed E-state index contributed by atoms with van der Waals surface area (Å²) in [5.41, 5.74) is 0.792. The van der Waals surface area contributed by atoms with Gasteiger partial charge in [0.05, 0.1) is 11.3 Å². The predicted molar refractivity (Wildman–Crippen MR) is 66.5 cm³/mol. The Bertz CT molecular complexity index is 540. The lowest BCUT2D eigenvalue weighted by Crippen LogP contribution is -2.01. The first-order valence-electron chi connectivity index (χ1n) is 5.10. The van der Waals surface area contributed by atoms with Gasteiger partial charge in [0.2, 0.25) is 0 Å². The molecule has 3 nitrogen and oxygen atoms in total. The van der Waals surface area contributed by atoms with E-state index >= 15 is 0 Å². The zero-order valence-corrected chi connectivity index (χ0v) is 10.1. The fourth-order valence-corrected chi connectivity index (χ4v) is 2.28. The van der Waals surface area contributed by atoms with Gasteiger partial charge in [-0.25, -0.2) is 9.78 Å². The van der Waals surface area contributed by atoms with E-state index < -0.39 is 5.97 Å². The number of nitrogens with zero attached hydrogens (tertiary/aromatic N) is 1. The van der Waals surface area contributed by atoms with E-state index in [0.29, 0.717) is 5.69 Å². The standard InChI is InChI=1S/C13H11NO2S/c1-9-11(13(15)16)7-8-12(14-9)17-10-5-3-2-4-6-10/h2-8H,1H3,(H,15,16). The minimum Gasteiger partial charge on any atom is -0.478 e. The lowest BCUT2D eigenvalue weighted by molar-refractivity contribution is 0.0695. The molecule has 0 amide bonds. The van der Waals surface area contributed by atoms with E-state index in [-0.39, 0.29) is 5.56 Å². The van der Waals surface area contributed by atoms with E-state index in [9.17, 15) is 4.79 Å². The maximum absolute atomic E-state index is 10.8. The van der Waals surface area contributed by atoms with Gasteiger partial charge in [-0.05, 0) is 31.2 Å². The SMILES string of the molecule is Cc1nc(Sc2ccccc2)ccc1C(=O)O. The fourth-order valence-electron chi connectivity index (χ4n) is 1.43. The Balaban J connectivity index is 2.24. The van der Waals surface area contributed by atoms with Crippen LogP contribution in [0.5, 0.6) is 0 Å². The third-order valence-corrected chi connectivity index (χ3v) is 3.20. The molecular weight excluding hydrogens is 234 g/mol. The van der Waals surface area contributed by atoms with E-state index in [1.165, 1.54) is 11.8 Å². The summed E-state index contributed by atoms with van der Waals surface area (Å²) >= 11 is 1.52. The molecule has 0 saturated heterocycles. The second-order valence-electron chi connectivity index (χ2n) is 3.50. The lowest BCUT2D eigenvalue weighted by Gasteiger charge is -2.04. The Morgan fingerprint density at radius 3 is 2.47 bits per heavy atom. The number of rotatable bonds is 3. The molecule has 0 atom stereocenters. The van der Waals surface area contributed by atoms with Gasteiger partial charge in [0.1, 0.15) is 5.03 Å². The highest BCUT2D eigenvalue weighted by Crippen LogP contribution is 2.26. The van der Waals surface area contributed by atoms with Crippen LogP contribution < -0.4 is 0 Å². The largest absolute Gasteiger partial charge is 0.478 e. The maximum atomic E-state index is 10.8. The highest BCUT2D eigenvalue weighted by Gasteiger charge is 2.08. The zero-order valence-electron chi connectivity index (χ0n) is 9.25. The van der Waals surface area contributed by atoms with Crippen LogP contribution in [0.2, 0.25) is 0 Å². The highest BCUT2D eigenvalue weighted by molar-refractivity contribution is 7.99. The van der Waals surface area contributed by atoms with Crippen LogP contribution in [0.15, 0.2) is 52.4 Å². The van der Waals surface area contributed by atoms with Gasteiger partial charge in [0.15, 0.2) is 0 Å². The molecule has 0 spiro atoms. The molecule has 0 fully saturated rings. The minimum absolute atomic E-state index is 0.252. The van der Waals surface area contributed by atoms with Gasteiger partial charge < -0.3 is 5.11 Å². The number of carboxylic acid groups (broad SMARTS) is 1. The Morgan fingerprint density at radius 2 is 1.88 bits per heavy atom. The number of carbonyl (C=O) groups is 1. The normalized spacial score (nSPS) is 10.2. The first-order valence-corrected chi connectivity index (χ1v) is 5.92. The number of hydrogen-bond donors (Lipinski definition) is 1. The van der Waals surface area contributed by atoms with E-state index in [1.54, 1.807) is 19.1 Å². The number of hydrogen-bond acceptors (Lipinski definition) is 3. The van der Waals surface area contributed by atoms with Crippen molar-refractivity contribution in [3.63, 3.8) is 0 Å². The van der Waals surface area contributed by atoms with Crippen LogP contribution in [0.3, 0.4) is 0 Å². The molecule has 0 saturated carbocycles. The molecule has 0 unspecified atom stereocenters. The number of aromatic carboxylic acids is 1. The van der Waals surface area contributed by atoms with Crippen LogP contribution in [0, 0.1) is 6.92 Å². The van der Waals surface area contributed by atoms with Crippen molar-refractivity contribution in [1.82, 2.24) is 4.98 Å². The second kappa shape index (κ2) is 5.01. The maximum Gasteiger partial charge on any atom is 0.337 e. The average Bonchev–Trinajstić information content (AvgIpc) is 2.30. The van der Waals surface area contributed by atoms with Crippen molar-refractivity contribution < 1.29 is 9.90 Å². The van der Waals surface area contributed by atoms with Crippen molar-refractivity contribution in [2.45, 2.75) is 16.8 Å². The molecule has 4 heteroatoms. The summed E-state index contributed by atoms with van der Waals surface area (Å²) < 4.78 is 0. The molecular formula is C13H11NO2S. The Morgan fingerprint density at radius 1 is 1.18 bits per heavy atom. The number of aryl methyl sites for hydroxylation is 1. The van der Waals surface area contributed by atoms with Gasteiger partial charge in [-0.1, -0.05) is 30.0 Å². The third kappa shape index (κ3) is 2.85. The molecule has 2 rings (SSSR count). The van der Waals surface area contributed by atoms with E-state index in [0.717, 1.165) is 9.92 Å². The quantitative estimate of drug-likeness (QED) is 0.901.